The zero-order valence-electron chi connectivity index (χ0n) is 18.6. The zero-order chi connectivity index (χ0) is 22.2. The van der Waals surface area contributed by atoms with Crippen LogP contribution in [0.5, 0.6) is 0 Å². The van der Waals surface area contributed by atoms with Crippen LogP contribution in [-0.4, -0.2) is 84.8 Å². The number of nitrogens with one attached hydrogen (secondary N) is 1. The molecule has 0 spiro atoms. The molecule has 2 saturated heterocycles. The lowest BCUT2D eigenvalue weighted by Crippen LogP contribution is -2.54. The highest BCUT2D eigenvalue weighted by molar-refractivity contribution is 6.30. The lowest BCUT2D eigenvalue weighted by molar-refractivity contribution is -0.132. The predicted molar refractivity (Wildman–Crippen MR) is 124 cm³/mol. The van der Waals surface area contributed by atoms with Crippen LogP contribution in [-0.2, 0) is 16.0 Å². The fourth-order valence-corrected chi connectivity index (χ4v) is 4.63. The van der Waals surface area contributed by atoms with E-state index in [9.17, 15) is 9.59 Å². The molecule has 8 heteroatoms. The molecule has 7 nitrogen and oxygen atoms in total. The first-order valence-corrected chi connectivity index (χ1v) is 11.7. The minimum absolute atomic E-state index is 0.130. The van der Waals surface area contributed by atoms with Gasteiger partial charge in [-0.05, 0) is 37.0 Å². The first-order chi connectivity index (χ1) is 15.0. The first-order valence-electron chi connectivity index (χ1n) is 11.3. The predicted octanol–water partition coefficient (Wildman–Crippen LogP) is 2.39. The Morgan fingerprint density at radius 2 is 1.94 bits per heavy atom. The molecule has 0 aliphatic carbocycles. The van der Waals surface area contributed by atoms with Gasteiger partial charge in [0.05, 0.1) is 6.42 Å². The van der Waals surface area contributed by atoms with Gasteiger partial charge in [0, 0.05) is 63.8 Å². The average Bonchev–Trinajstić information content (AvgIpc) is 3.20. The smallest absolute Gasteiger partial charge is 0.227 e. The van der Waals surface area contributed by atoms with Crippen molar-refractivity contribution in [3.63, 3.8) is 0 Å². The van der Waals surface area contributed by atoms with Crippen LogP contribution in [0.15, 0.2) is 29.3 Å². The second-order valence-electron chi connectivity index (χ2n) is 8.19. The molecule has 0 aromatic heterocycles. The van der Waals surface area contributed by atoms with Crippen LogP contribution in [0.3, 0.4) is 0 Å². The van der Waals surface area contributed by atoms with E-state index in [0.29, 0.717) is 37.0 Å². The quantitative estimate of drug-likeness (QED) is 0.514. The van der Waals surface area contributed by atoms with E-state index in [1.807, 2.05) is 34.1 Å². The summed E-state index contributed by atoms with van der Waals surface area (Å²) < 4.78 is 0. The highest BCUT2D eigenvalue weighted by Gasteiger charge is 2.27. The monoisotopic (exact) mass is 447 g/mol. The first kappa shape index (κ1) is 23.4. The number of carbonyl (C=O) groups excluding carboxylic acids is 2. The Morgan fingerprint density at radius 3 is 2.55 bits per heavy atom. The normalized spacial score (nSPS) is 18.5. The molecule has 170 valence electrons. The van der Waals surface area contributed by atoms with Crippen molar-refractivity contribution < 1.29 is 9.59 Å². The van der Waals surface area contributed by atoms with E-state index in [2.05, 4.69) is 22.1 Å². The molecule has 2 fully saturated rings. The van der Waals surface area contributed by atoms with Crippen LogP contribution in [0.4, 0.5) is 0 Å². The molecule has 1 N–H and O–H groups in total. The van der Waals surface area contributed by atoms with Crippen molar-refractivity contribution in [2.45, 2.75) is 45.1 Å². The van der Waals surface area contributed by atoms with Crippen LogP contribution in [0, 0.1) is 0 Å². The number of piperazine rings is 1. The summed E-state index contributed by atoms with van der Waals surface area (Å²) in [4.78, 5) is 35.2. The number of hydrogen-bond acceptors (Lipinski definition) is 3. The van der Waals surface area contributed by atoms with Gasteiger partial charge >= 0.3 is 0 Å². The molecule has 3 rings (SSSR count). The van der Waals surface area contributed by atoms with E-state index in [-0.39, 0.29) is 11.8 Å². The topological polar surface area (TPSA) is 68.2 Å². The van der Waals surface area contributed by atoms with Gasteiger partial charge in [-0.25, -0.2) is 0 Å². The fraction of sp³-hybridized carbons (Fsp3) is 0.609. The Hall–Kier alpha value is -2.28. The average molecular weight is 448 g/mol. The Labute approximate surface area is 190 Å². The maximum absolute atomic E-state index is 12.6. The Kier molecular flexibility index (Phi) is 8.58. The van der Waals surface area contributed by atoms with E-state index in [0.717, 1.165) is 57.0 Å². The summed E-state index contributed by atoms with van der Waals surface area (Å²) in [5.41, 5.74) is 0.944. The summed E-state index contributed by atoms with van der Waals surface area (Å²) in [6.07, 6.45) is 3.93. The summed E-state index contributed by atoms with van der Waals surface area (Å²) in [5.74, 6) is 1.28. The zero-order valence-corrected chi connectivity index (χ0v) is 19.4. The minimum atomic E-state index is 0.130. The molecule has 2 heterocycles. The Bertz CT molecular complexity index is 792. The molecular weight excluding hydrogens is 414 g/mol. The van der Waals surface area contributed by atoms with Crippen molar-refractivity contribution in [3.8, 4) is 0 Å². The summed E-state index contributed by atoms with van der Waals surface area (Å²) in [6.45, 7) is 6.68. The maximum atomic E-state index is 12.6. The molecule has 2 aliphatic heterocycles. The van der Waals surface area contributed by atoms with Crippen LogP contribution >= 0.6 is 11.6 Å². The van der Waals surface area contributed by atoms with Crippen molar-refractivity contribution in [3.05, 3.63) is 34.9 Å². The summed E-state index contributed by atoms with van der Waals surface area (Å²) >= 11 is 6.03. The number of amides is 2. The van der Waals surface area contributed by atoms with E-state index >= 15 is 0 Å². The van der Waals surface area contributed by atoms with Crippen molar-refractivity contribution in [1.82, 2.24) is 20.0 Å². The number of carbonyl (C=O) groups is 2. The minimum Gasteiger partial charge on any atom is -0.356 e. The second kappa shape index (κ2) is 11.4. The second-order valence-corrected chi connectivity index (χ2v) is 8.63. The molecule has 31 heavy (non-hydrogen) atoms. The van der Waals surface area contributed by atoms with Crippen molar-refractivity contribution in [1.29, 1.82) is 0 Å². The molecule has 2 amide bonds. The third kappa shape index (κ3) is 6.35. The van der Waals surface area contributed by atoms with E-state index in [1.165, 1.54) is 0 Å². The standard InChI is InChI=1S/C23H34ClN5O2/c1-3-20(29-11-5-8-21(29)30)9-10-26-23(25-2)28-14-12-27(13-15-28)22(31)17-18-6-4-7-19(24)16-18/h4,6-7,16,20H,3,5,8-15,17H2,1-2H3,(H,25,26). The largest absolute Gasteiger partial charge is 0.356 e. The van der Waals surface area contributed by atoms with Crippen molar-refractivity contribution in [2.24, 2.45) is 4.99 Å². The van der Waals surface area contributed by atoms with Crippen molar-refractivity contribution >= 4 is 29.4 Å². The fourth-order valence-electron chi connectivity index (χ4n) is 4.42. The van der Waals surface area contributed by atoms with Gasteiger partial charge in [-0.1, -0.05) is 30.7 Å². The Balaban J connectivity index is 1.43. The van der Waals surface area contributed by atoms with Gasteiger partial charge in [-0.2, -0.15) is 0 Å². The van der Waals surface area contributed by atoms with Gasteiger partial charge in [0.15, 0.2) is 5.96 Å². The molecule has 0 bridgehead atoms. The number of aliphatic imine (C=N–C) groups is 1. The molecular formula is C23H34ClN5O2. The SMILES string of the molecule is CCC(CCNC(=NC)N1CCN(C(=O)Cc2cccc(Cl)c2)CC1)N1CCCC1=O. The highest BCUT2D eigenvalue weighted by atomic mass is 35.5. The summed E-state index contributed by atoms with van der Waals surface area (Å²) in [5, 5.41) is 4.11. The van der Waals surface area contributed by atoms with E-state index in [4.69, 9.17) is 11.6 Å². The third-order valence-electron chi connectivity index (χ3n) is 6.17. The molecule has 1 aromatic carbocycles. The molecule has 0 radical (unpaired) electrons. The van der Waals surface area contributed by atoms with Gasteiger partial charge in [-0.3, -0.25) is 14.6 Å². The third-order valence-corrected chi connectivity index (χ3v) is 6.41. The van der Waals surface area contributed by atoms with E-state index in [1.54, 1.807) is 7.05 Å². The van der Waals surface area contributed by atoms with Gasteiger partial charge in [0.25, 0.3) is 0 Å². The number of hydrogen-bond donors (Lipinski definition) is 1. The molecule has 0 saturated carbocycles. The summed E-state index contributed by atoms with van der Waals surface area (Å²) in [6, 6.07) is 7.77. The maximum Gasteiger partial charge on any atom is 0.227 e. The van der Waals surface area contributed by atoms with Gasteiger partial charge < -0.3 is 20.0 Å². The molecule has 1 unspecified atom stereocenters. The van der Waals surface area contributed by atoms with Gasteiger partial charge in [0.2, 0.25) is 11.8 Å². The van der Waals surface area contributed by atoms with Crippen LogP contribution in [0.1, 0.15) is 38.2 Å². The number of benzene rings is 1. The molecule has 1 aromatic rings. The van der Waals surface area contributed by atoms with Crippen LogP contribution in [0.25, 0.3) is 0 Å². The van der Waals surface area contributed by atoms with Crippen LogP contribution in [0.2, 0.25) is 5.02 Å². The number of nitrogens with zero attached hydrogens (tertiary/aromatic N) is 4. The number of rotatable bonds is 7. The highest BCUT2D eigenvalue weighted by Crippen LogP contribution is 2.18. The summed E-state index contributed by atoms with van der Waals surface area (Å²) in [7, 11) is 1.79. The number of guanidine groups is 1. The van der Waals surface area contributed by atoms with Crippen LogP contribution < -0.4 is 5.32 Å². The molecule has 1 atom stereocenters. The Morgan fingerprint density at radius 1 is 1.19 bits per heavy atom. The number of likely N-dealkylation sites (tertiary alicyclic amines) is 1. The molecule has 2 aliphatic rings. The van der Waals surface area contributed by atoms with Gasteiger partial charge in [-0.15, -0.1) is 0 Å². The number of halogens is 1. The lowest BCUT2D eigenvalue weighted by atomic mass is 10.1. The van der Waals surface area contributed by atoms with E-state index < -0.39 is 0 Å². The van der Waals surface area contributed by atoms with Gasteiger partial charge in [0.1, 0.15) is 0 Å². The lowest BCUT2D eigenvalue weighted by Gasteiger charge is -2.37. The van der Waals surface area contributed by atoms with Crippen molar-refractivity contribution in [2.75, 3.05) is 46.3 Å².